The van der Waals surface area contributed by atoms with Gasteiger partial charge in [0.2, 0.25) is 0 Å². The summed E-state index contributed by atoms with van der Waals surface area (Å²) >= 11 is 0. The summed E-state index contributed by atoms with van der Waals surface area (Å²) in [6, 6.07) is 8.58. The van der Waals surface area contributed by atoms with E-state index in [9.17, 15) is 0 Å². The minimum absolute atomic E-state index is 0. The maximum absolute atomic E-state index is 5.61. The molecule has 0 amide bonds. The second-order valence-electron chi connectivity index (χ2n) is 7.14. The highest BCUT2D eigenvalue weighted by molar-refractivity contribution is 14.0. The van der Waals surface area contributed by atoms with E-state index in [0.29, 0.717) is 0 Å². The van der Waals surface area contributed by atoms with Crippen LogP contribution in [0.2, 0.25) is 0 Å². The number of ether oxygens (including phenoxy) is 3. The molecule has 1 atom stereocenters. The van der Waals surface area contributed by atoms with Crippen LogP contribution in [0.3, 0.4) is 0 Å². The molecule has 2 N–H and O–H groups in total. The fourth-order valence-electron chi connectivity index (χ4n) is 3.32. The van der Waals surface area contributed by atoms with Gasteiger partial charge in [-0.05, 0) is 30.5 Å². The molecule has 0 aromatic heterocycles. The average molecular weight is 534 g/mol. The summed E-state index contributed by atoms with van der Waals surface area (Å²) in [5.74, 6) is 1.70. The number of halogens is 1. The van der Waals surface area contributed by atoms with Crippen LogP contribution in [-0.4, -0.2) is 77.6 Å². The number of aliphatic imine (C=N–C) groups is 1. The van der Waals surface area contributed by atoms with Gasteiger partial charge in [-0.3, -0.25) is 9.89 Å². The molecule has 1 heterocycles. The molecular formula is C22H39IN4O3. The van der Waals surface area contributed by atoms with Gasteiger partial charge in [-0.25, -0.2) is 0 Å². The van der Waals surface area contributed by atoms with E-state index in [1.807, 2.05) is 19.2 Å². The molecule has 172 valence electrons. The number of nitrogens with zero attached hydrogens (tertiary/aromatic N) is 2. The minimum atomic E-state index is 0. The van der Waals surface area contributed by atoms with Crippen molar-refractivity contribution >= 4 is 29.9 Å². The molecule has 1 aromatic rings. The summed E-state index contributed by atoms with van der Waals surface area (Å²) in [5.41, 5.74) is 1.26. The Kier molecular flexibility index (Phi) is 14.9. The monoisotopic (exact) mass is 534 g/mol. The maximum Gasteiger partial charge on any atom is 0.191 e. The molecule has 1 aliphatic heterocycles. The smallest absolute Gasteiger partial charge is 0.191 e. The van der Waals surface area contributed by atoms with Gasteiger partial charge >= 0.3 is 0 Å². The summed E-state index contributed by atoms with van der Waals surface area (Å²) in [6.45, 7) is 8.85. The van der Waals surface area contributed by atoms with Gasteiger partial charge in [-0.1, -0.05) is 25.5 Å². The Morgan fingerprint density at radius 2 is 1.83 bits per heavy atom. The highest BCUT2D eigenvalue weighted by Gasteiger charge is 2.23. The number of morpholine rings is 1. The van der Waals surface area contributed by atoms with Crippen LogP contribution in [0.5, 0.6) is 5.75 Å². The van der Waals surface area contributed by atoms with Crippen molar-refractivity contribution in [2.45, 2.75) is 32.2 Å². The van der Waals surface area contributed by atoms with E-state index >= 15 is 0 Å². The summed E-state index contributed by atoms with van der Waals surface area (Å²) in [6.07, 6.45) is 3.27. The lowest BCUT2D eigenvalue weighted by molar-refractivity contribution is 0.0170. The van der Waals surface area contributed by atoms with Crippen molar-refractivity contribution in [1.82, 2.24) is 15.5 Å². The largest absolute Gasteiger partial charge is 0.497 e. The average Bonchev–Trinajstić information content (AvgIpc) is 2.78. The zero-order valence-electron chi connectivity index (χ0n) is 18.7. The SMILES string of the molecule is CCCCOCCCNC(=NC)NCC(c1ccc(OC)cc1)N1CCOCC1.I. The lowest BCUT2D eigenvalue weighted by Gasteiger charge is -2.35. The number of nitrogens with one attached hydrogen (secondary N) is 2. The Morgan fingerprint density at radius 1 is 1.13 bits per heavy atom. The van der Waals surface area contributed by atoms with Gasteiger partial charge < -0.3 is 24.8 Å². The summed E-state index contributed by atoms with van der Waals surface area (Å²) in [7, 11) is 3.50. The van der Waals surface area contributed by atoms with Crippen molar-refractivity contribution in [3.05, 3.63) is 29.8 Å². The first-order valence-electron chi connectivity index (χ1n) is 10.8. The molecule has 1 saturated heterocycles. The normalized spacial score (nSPS) is 15.9. The fourth-order valence-corrected chi connectivity index (χ4v) is 3.32. The third-order valence-corrected chi connectivity index (χ3v) is 5.07. The van der Waals surface area contributed by atoms with E-state index < -0.39 is 0 Å². The highest BCUT2D eigenvalue weighted by Crippen LogP contribution is 2.23. The molecule has 30 heavy (non-hydrogen) atoms. The Hall–Kier alpha value is -1.10. The first-order valence-corrected chi connectivity index (χ1v) is 10.8. The quantitative estimate of drug-likeness (QED) is 0.186. The minimum Gasteiger partial charge on any atom is -0.497 e. The molecule has 1 unspecified atom stereocenters. The van der Waals surface area contributed by atoms with Crippen molar-refractivity contribution in [2.24, 2.45) is 4.99 Å². The van der Waals surface area contributed by atoms with Gasteiger partial charge in [-0.2, -0.15) is 0 Å². The first kappa shape index (κ1) is 26.9. The van der Waals surface area contributed by atoms with Crippen molar-refractivity contribution in [3.63, 3.8) is 0 Å². The first-order chi connectivity index (χ1) is 14.3. The summed E-state index contributed by atoms with van der Waals surface area (Å²) < 4.78 is 16.5. The van der Waals surface area contributed by atoms with Crippen LogP contribution >= 0.6 is 24.0 Å². The number of methoxy groups -OCH3 is 1. The van der Waals surface area contributed by atoms with Crippen molar-refractivity contribution in [2.75, 3.05) is 66.8 Å². The van der Waals surface area contributed by atoms with Crippen LogP contribution in [0.15, 0.2) is 29.3 Å². The second-order valence-corrected chi connectivity index (χ2v) is 7.14. The Balaban J connectivity index is 0.00000450. The van der Waals surface area contributed by atoms with E-state index in [1.165, 1.54) is 12.0 Å². The third kappa shape index (κ3) is 9.80. The number of rotatable bonds is 12. The molecule has 0 saturated carbocycles. The third-order valence-electron chi connectivity index (χ3n) is 5.07. The standard InChI is InChI=1S/C22H38N4O3.HI/c1-4-5-14-28-15-6-11-24-22(23-2)25-18-21(26-12-16-29-17-13-26)19-7-9-20(27-3)10-8-19;/h7-10,21H,4-6,11-18H2,1-3H3,(H2,23,24,25);1H. The highest BCUT2D eigenvalue weighted by atomic mass is 127. The zero-order chi connectivity index (χ0) is 20.7. The van der Waals surface area contributed by atoms with Gasteiger partial charge in [0.1, 0.15) is 5.75 Å². The van der Waals surface area contributed by atoms with Crippen LogP contribution < -0.4 is 15.4 Å². The van der Waals surface area contributed by atoms with Gasteiger partial charge in [0, 0.05) is 46.4 Å². The molecule has 2 rings (SSSR count). The topological polar surface area (TPSA) is 67.3 Å². The van der Waals surface area contributed by atoms with Crippen molar-refractivity contribution < 1.29 is 14.2 Å². The predicted molar refractivity (Wildman–Crippen MR) is 133 cm³/mol. The Bertz CT molecular complexity index is 580. The molecule has 8 heteroatoms. The molecular weight excluding hydrogens is 495 g/mol. The van der Waals surface area contributed by atoms with Gasteiger partial charge in [0.25, 0.3) is 0 Å². The van der Waals surface area contributed by atoms with Crippen LogP contribution in [0.4, 0.5) is 0 Å². The van der Waals surface area contributed by atoms with E-state index in [-0.39, 0.29) is 30.0 Å². The molecule has 1 aliphatic rings. The Labute approximate surface area is 199 Å². The number of unbranched alkanes of at least 4 members (excludes halogenated alkanes) is 1. The maximum atomic E-state index is 5.61. The molecule has 0 radical (unpaired) electrons. The van der Waals surface area contributed by atoms with Crippen molar-refractivity contribution in [1.29, 1.82) is 0 Å². The van der Waals surface area contributed by atoms with Crippen LogP contribution in [-0.2, 0) is 9.47 Å². The van der Waals surface area contributed by atoms with Crippen molar-refractivity contribution in [3.8, 4) is 5.75 Å². The lowest BCUT2D eigenvalue weighted by Crippen LogP contribution is -2.46. The molecule has 0 aliphatic carbocycles. The molecule has 1 fully saturated rings. The number of hydrogen-bond acceptors (Lipinski definition) is 5. The molecule has 1 aromatic carbocycles. The van der Waals surface area contributed by atoms with E-state index in [1.54, 1.807) is 7.11 Å². The molecule has 7 nitrogen and oxygen atoms in total. The number of hydrogen-bond donors (Lipinski definition) is 2. The predicted octanol–water partition coefficient (Wildman–Crippen LogP) is 3.06. The van der Waals surface area contributed by atoms with Gasteiger partial charge in [0.15, 0.2) is 5.96 Å². The summed E-state index contributed by atoms with van der Waals surface area (Å²) in [5, 5.41) is 6.87. The number of benzene rings is 1. The van der Waals surface area contributed by atoms with Crippen LogP contribution in [0.25, 0.3) is 0 Å². The van der Waals surface area contributed by atoms with E-state index in [4.69, 9.17) is 14.2 Å². The molecule has 0 bridgehead atoms. The number of guanidine groups is 1. The van der Waals surface area contributed by atoms with Gasteiger partial charge in [0.05, 0.1) is 26.4 Å². The fraction of sp³-hybridized carbons (Fsp3) is 0.682. The molecule has 0 spiro atoms. The van der Waals surface area contributed by atoms with Crippen LogP contribution in [0.1, 0.15) is 37.8 Å². The second kappa shape index (κ2) is 16.6. The van der Waals surface area contributed by atoms with E-state index in [2.05, 4.69) is 39.6 Å². The van der Waals surface area contributed by atoms with E-state index in [0.717, 1.165) is 77.2 Å². The van der Waals surface area contributed by atoms with Crippen LogP contribution in [0, 0.1) is 0 Å². The van der Waals surface area contributed by atoms with Gasteiger partial charge in [-0.15, -0.1) is 24.0 Å². The zero-order valence-corrected chi connectivity index (χ0v) is 21.0. The Morgan fingerprint density at radius 3 is 2.47 bits per heavy atom. The lowest BCUT2D eigenvalue weighted by atomic mass is 10.0. The summed E-state index contributed by atoms with van der Waals surface area (Å²) in [4.78, 5) is 6.83.